The third-order valence-electron chi connectivity index (χ3n) is 2.86. The number of hydrogen-bond donors (Lipinski definition) is 1. The molecule has 0 saturated carbocycles. The Hall–Kier alpha value is -0.540. The summed E-state index contributed by atoms with van der Waals surface area (Å²) < 4.78 is 6.72. The molecule has 0 aliphatic carbocycles. The first-order valence-electron chi connectivity index (χ1n) is 5.87. The molecule has 88 valence electrons. The molecule has 1 saturated heterocycles. The van der Waals surface area contributed by atoms with Gasteiger partial charge in [0.1, 0.15) is 0 Å². The number of benzene rings is 1. The number of nitrogens with one attached hydrogen (secondary N) is 1. The van der Waals surface area contributed by atoms with Crippen molar-refractivity contribution in [3.05, 3.63) is 28.2 Å². The average Bonchev–Trinajstić information content (AvgIpc) is 2.69. The lowest BCUT2D eigenvalue weighted by molar-refractivity contribution is 0.107. The van der Waals surface area contributed by atoms with Crippen molar-refractivity contribution in [1.29, 1.82) is 0 Å². The standard InChI is InChI=1S/C13H18BrNO/c1-10-7-11(14)9-12(8-10)15-5-4-13-3-2-6-16-13/h7-9,13,15H,2-6H2,1H3. The van der Waals surface area contributed by atoms with Crippen LogP contribution in [0, 0.1) is 6.92 Å². The number of ether oxygens (including phenoxy) is 1. The molecule has 1 heterocycles. The van der Waals surface area contributed by atoms with Crippen molar-refractivity contribution in [3.8, 4) is 0 Å². The van der Waals surface area contributed by atoms with Crippen LogP contribution < -0.4 is 5.32 Å². The Bertz CT molecular complexity index is 328. The third-order valence-corrected chi connectivity index (χ3v) is 3.32. The highest BCUT2D eigenvalue weighted by atomic mass is 79.9. The lowest BCUT2D eigenvalue weighted by Gasteiger charge is -2.11. The fourth-order valence-electron chi connectivity index (χ4n) is 2.09. The molecule has 16 heavy (non-hydrogen) atoms. The van der Waals surface area contributed by atoms with Gasteiger partial charge in [0.25, 0.3) is 0 Å². The van der Waals surface area contributed by atoms with Crippen LogP contribution in [-0.2, 0) is 4.74 Å². The molecule has 2 rings (SSSR count). The number of aryl methyl sites for hydroxylation is 1. The van der Waals surface area contributed by atoms with E-state index in [2.05, 4.69) is 46.4 Å². The zero-order chi connectivity index (χ0) is 11.4. The van der Waals surface area contributed by atoms with Crippen molar-refractivity contribution < 1.29 is 4.74 Å². The van der Waals surface area contributed by atoms with Crippen LogP contribution in [-0.4, -0.2) is 19.3 Å². The minimum Gasteiger partial charge on any atom is -0.385 e. The smallest absolute Gasteiger partial charge is 0.0592 e. The highest BCUT2D eigenvalue weighted by molar-refractivity contribution is 9.10. The summed E-state index contributed by atoms with van der Waals surface area (Å²) in [5.41, 5.74) is 2.46. The topological polar surface area (TPSA) is 21.3 Å². The van der Waals surface area contributed by atoms with Gasteiger partial charge in [-0.15, -0.1) is 0 Å². The monoisotopic (exact) mass is 283 g/mol. The number of rotatable bonds is 4. The molecular weight excluding hydrogens is 266 g/mol. The van der Waals surface area contributed by atoms with Gasteiger partial charge in [-0.3, -0.25) is 0 Å². The molecule has 1 atom stereocenters. The fourth-order valence-corrected chi connectivity index (χ4v) is 2.70. The van der Waals surface area contributed by atoms with Crippen molar-refractivity contribution >= 4 is 21.6 Å². The van der Waals surface area contributed by atoms with E-state index in [-0.39, 0.29) is 0 Å². The molecule has 1 aliphatic heterocycles. The quantitative estimate of drug-likeness (QED) is 0.909. The molecule has 2 nitrogen and oxygen atoms in total. The minimum absolute atomic E-state index is 0.473. The van der Waals surface area contributed by atoms with Gasteiger partial charge < -0.3 is 10.1 Å². The van der Waals surface area contributed by atoms with E-state index in [1.807, 2.05) is 0 Å². The highest BCUT2D eigenvalue weighted by Crippen LogP contribution is 2.20. The molecule has 1 aromatic carbocycles. The Morgan fingerprint density at radius 2 is 2.31 bits per heavy atom. The lowest BCUT2D eigenvalue weighted by atomic mass is 10.2. The van der Waals surface area contributed by atoms with E-state index in [4.69, 9.17) is 4.74 Å². The van der Waals surface area contributed by atoms with Crippen LogP contribution in [0.15, 0.2) is 22.7 Å². The SMILES string of the molecule is Cc1cc(Br)cc(NCCC2CCCO2)c1. The molecule has 1 aliphatic rings. The summed E-state index contributed by atoms with van der Waals surface area (Å²) in [6.07, 6.45) is 4.02. The van der Waals surface area contributed by atoms with Gasteiger partial charge in [-0.2, -0.15) is 0 Å². The van der Waals surface area contributed by atoms with Crippen LogP contribution >= 0.6 is 15.9 Å². The summed E-state index contributed by atoms with van der Waals surface area (Å²) in [5, 5.41) is 3.44. The summed E-state index contributed by atoms with van der Waals surface area (Å²) >= 11 is 3.51. The van der Waals surface area contributed by atoms with Gasteiger partial charge in [-0.05, 0) is 49.9 Å². The van der Waals surface area contributed by atoms with Crippen molar-refractivity contribution in [2.45, 2.75) is 32.3 Å². The predicted molar refractivity (Wildman–Crippen MR) is 71.0 cm³/mol. The van der Waals surface area contributed by atoms with Gasteiger partial charge >= 0.3 is 0 Å². The molecule has 1 aromatic rings. The largest absolute Gasteiger partial charge is 0.385 e. The van der Waals surface area contributed by atoms with E-state index in [1.54, 1.807) is 0 Å². The molecule has 3 heteroatoms. The molecule has 0 amide bonds. The van der Waals surface area contributed by atoms with E-state index in [0.29, 0.717) is 6.10 Å². The number of hydrogen-bond acceptors (Lipinski definition) is 2. The van der Waals surface area contributed by atoms with Gasteiger partial charge in [-0.1, -0.05) is 15.9 Å². The van der Waals surface area contributed by atoms with Gasteiger partial charge in [0, 0.05) is 23.3 Å². The third kappa shape index (κ3) is 3.49. The van der Waals surface area contributed by atoms with E-state index in [0.717, 1.165) is 24.0 Å². The summed E-state index contributed by atoms with van der Waals surface area (Å²) in [6.45, 7) is 4.04. The molecule has 1 unspecified atom stereocenters. The average molecular weight is 284 g/mol. The predicted octanol–water partition coefficient (Wildman–Crippen LogP) is 3.74. The number of halogens is 1. The Labute approximate surface area is 106 Å². The van der Waals surface area contributed by atoms with Crippen LogP contribution in [0.5, 0.6) is 0 Å². The van der Waals surface area contributed by atoms with Crippen molar-refractivity contribution in [3.63, 3.8) is 0 Å². The maximum Gasteiger partial charge on any atom is 0.0592 e. The van der Waals surface area contributed by atoms with E-state index < -0.39 is 0 Å². The molecule has 1 N–H and O–H groups in total. The first kappa shape index (κ1) is 11.9. The van der Waals surface area contributed by atoms with Crippen molar-refractivity contribution in [2.24, 2.45) is 0 Å². The Kier molecular flexibility index (Phi) is 4.24. The first-order chi connectivity index (χ1) is 7.74. The summed E-state index contributed by atoms with van der Waals surface area (Å²) in [5.74, 6) is 0. The lowest BCUT2D eigenvalue weighted by Crippen LogP contribution is -2.12. The Balaban J connectivity index is 1.80. The van der Waals surface area contributed by atoms with Crippen LogP contribution in [0.4, 0.5) is 5.69 Å². The van der Waals surface area contributed by atoms with Crippen LogP contribution in [0.3, 0.4) is 0 Å². The molecule has 1 fully saturated rings. The normalized spacial score (nSPS) is 20.0. The minimum atomic E-state index is 0.473. The van der Waals surface area contributed by atoms with Gasteiger partial charge in [0.05, 0.1) is 6.10 Å². The fraction of sp³-hybridized carbons (Fsp3) is 0.538. The van der Waals surface area contributed by atoms with E-state index in [9.17, 15) is 0 Å². The summed E-state index contributed by atoms with van der Waals surface area (Å²) in [6, 6.07) is 6.40. The van der Waals surface area contributed by atoms with Gasteiger partial charge in [-0.25, -0.2) is 0 Å². The van der Waals surface area contributed by atoms with Crippen molar-refractivity contribution in [2.75, 3.05) is 18.5 Å². The van der Waals surface area contributed by atoms with E-state index >= 15 is 0 Å². The highest BCUT2D eigenvalue weighted by Gasteiger charge is 2.14. The van der Waals surface area contributed by atoms with Gasteiger partial charge in [0.15, 0.2) is 0 Å². The zero-order valence-corrected chi connectivity index (χ0v) is 11.2. The molecule has 0 aromatic heterocycles. The second kappa shape index (κ2) is 5.69. The maximum absolute atomic E-state index is 5.59. The first-order valence-corrected chi connectivity index (χ1v) is 6.66. The van der Waals surface area contributed by atoms with E-state index in [1.165, 1.54) is 24.1 Å². The van der Waals surface area contributed by atoms with Crippen LogP contribution in [0.1, 0.15) is 24.8 Å². The second-order valence-corrected chi connectivity index (χ2v) is 5.28. The molecule has 0 bridgehead atoms. The summed E-state index contributed by atoms with van der Waals surface area (Å²) in [7, 11) is 0. The molecular formula is C13H18BrNO. The molecule has 0 spiro atoms. The Morgan fingerprint density at radius 3 is 3.00 bits per heavy atom. The molecule has 0 radical (unpaired) electrons. The van der Waals surface area contributed by atoms with Crippen molar-refractivity contribution in [1.82, 2.24) is 0 Å². The van der Waals surface area contributed by atoms with Crippen LogP contribution in [0.2, 0.25) is 0 Å². The van der Waals surface area contributed by atoms with Gasteiger partial charge in [0.2, 0.25) is 0 Å². The maximum atomic E-state index is 5.59. The zero-order valence-electron chi connectivity index (χ0n) is 9.63. The van der Waals surface area contributed by atoms with Crippen LogP contribution in [0.25, 0.3) is 0 Å². The number of anilines is 1. The summed E-state index contributed by atoms with van der Waals surface area (Å²) in [4.78, 5) is 0. The Morgan fingerprint density at radius 1 is 1.44 bits per heavy atom. The second-order valence-electron chi connectivity index (χ2n) is 4.37.